The Hall–Kier alpha value is -1.55. The minimum atomic E-state index is -0.486. The van der Waals surface area contributed by atoms with E-state index in [1.165, 1.54) is 25.7 Å². The van der Waals surface area contributed by atoms with Crippen molar-refractivity contribution in [3.63, 3.8) is 0 Å². The van der Waals surface area contributed by atoms with E-state index >= 15 is 0 Å². The molecule has 0 saturated heterocycles. The fraction of sp³-hybridized carbons (Fsp3) is 0.588. The third kappa shape index (κ3) is 4.21. The molecule has 1 aromatic carbocycles. The van der Waals surface area contributed by atoms with Gasteiger partial charge in [0.1, 0.15) is 0 Å². The van der Waals surface area contributed by atoms with Gasteiger partial charge in [0.2, 0.25) is 0 Å². The third-order valence-corrected chi connectivity index (χ3v) is 4.69. The lowest BCUT2D eigenvalue weighted by Gasteiger charge is -2.27. The van der Waals surface area contributed by atoms with E-state index in [0.29, 0.717) is 5.41 Å². The lowest BCUT2D eigenvalue weighted by atomic mass is 9.83. The van der Waals surface area contributed by atoms with Crippen LogP contribution in [0.5, 0.6) is 0 Å². The molecule has 2 rings (SSSR count). The second kappa shape index (κ2) is 6.94. The average molecular weight is 290 g/mol. The highest BCUT2D eigenvalue weighted by molar-refractivity contribution is 5.89. The first-order valence-electron chi connectivity index (χ1n) is 7.87. The number of aliphatic hydroxyl groups excluding tert-OH is 1. The molecule has 1 unspecified atom stereocenters. The topological polar surface area (TPSA) is 61.4 Å². The summed E-state index contributed by atoms with van der Waals surface area (Å²) in [5.74, 6) is 0. The number of urea groups is 1. The van der Waals surface area contributed by atoms with Crippen molar-refractivity contribution in [2.75, 3.05) is 11.9 Å². The van der Waals surface area contributed by atoms with Crippen LogP contribution in [0, 0.1) is 5.41 Å². The Kier molecular flexibility index (Phi) is 5.23. The molecule has 1 fully saturated rings. The lowest BCUT2D eigenvalue weighted by molar-refractivity contribution is 0.199. The predicted octanol–water partition coefficient (Wildman–Crippen LogP) is 3.83. The molecule has 0 heterocycles. The van der Waals surface area contributed by atoms with Crippen molar-refractivity contribution in [3.05, 3.63) is 29.8 Å². The quantitative estimate of drug-likeness (QED) is 0.771. The molecule has 1 aliphatic carbocycles. The van der Waals surface area contributed by atoms with Crippen LogP contribution in [0.2, 0.25) is 0 Å². The summed E-state index contributed by atoms with van der Waals surface area (Å²) in [4.78, 5) is 12.0. The first-order valence-corrected chi connectivity index (χ1v) is 7.87. The Morgan fingerprint density at radius 3 is 2.43 bits per heavy atom. The fourth-order valence-corrected chi connectivity index (χ4v) is 3.07. The molecule has 4 heteroatoms. The summed E-state index contributed by atoms with van der Waals surface area (Å²) in [7, 11) is 0. The van der Waals surface area contributed by atoms with Gasteiger partial charge in [-0.25, -0.2) is 4.79 Å². The highest BCUT2D eigenvalue weighted by atomic mass is 16.3. The molecule has 0 bridgehead atoms. The summed E-state index contributed by atoms with van der Waals surface area (Å²) >= 11 is 0. The van der Waals surface area contributed by atoms with Gasteiger partial charge in [0.15, 0.2) is 0 Å². The molecule has 1 saturated carbocycles. The zero-order chi connectivity index (χ0) is 15.3. The molecule has 21 heavy (non-hydrogen) atoms. The van der Waals surface area contributed by atoms with Gasteiger partial charge in [0.25, 0.3) is 0 Å². The van der Waals surface area contributed by atoms with Gasteiger partial charge in [-0.3, -0.25) is 0 Å². The maximum Gasteiger partial charge on any atom is 0.319 e. The average Bonchev–Trinajstić information content (AvgIpc) is 2.95. The van der Waals surface area contributed by atoms with Crippen molar-refractivity contribution in [3.8, 4) is 0 Å². The summed E-state index contributed by atoms with van der Waals surface area (Å²) in [5, 5.41) is 15.3. The second-order valence-corrected chi connectivity index (χ2v) is 6.17. The zero-order valence-electron chi connectivity index (χ0n) is 13.0. The summed E-state index contributed by atoms with van der Waals surface area (Å²) in [6.07, 6.45) is 5.62. The SMILES string of the molecule is CCC1(CNC(=O)Nc2ccc(C(C)O)cc2)CCCC1. The highest BCUT2D eigenvalue weighted by Gasteiger charge is 2.32. The standard InChI is InChI=1S/C17H26N2O2/c1-3-17(10-4-5-11-17)12-18-16(21)19-15-8-6-14(7-9-15)13(2)20/h6-9,13,20H,3-5,10-12H2,1-2H3,(H2,18,19,21). The molecular formula is C17H26N2O2. The van der Waals surface area contributed by atoms with Crippen LogP contribution in [-0.2, 0) is 0 Å². The Morgan fingerprint density at radius 2 is 1.90 bits per heavy atom. The predicted molar refractivity (Wildman–Crippen MR) is 85.3 cm³/mol. The van der Waals surface area contributed by atoms with E-state index in [-0.39, 0.29) is 6.03 Å². The van der Waals surface area contributed by atoms with Gasteiger partial charge in [-0.2, -0.15) is 0 Å². The molecule has 0 radical (unpaired) electrons. The number of aliphatic hydroxyl groups is 1. The normalized spacial score (nSPS) is 18.2. The monoisotopic (exact) mass is 290 g/mol. The van der Waals surface area contributed by atoms with Crippen LogP contribution in [0.15, 0.2) is 24.3 Å². The van der Waals surface area contributed by atoms with Crippen LogP contribution >= 0.6 is 0 Å². The van der Waals surface area contributed by atoms with Crippen LogP contribution in [0.4, 0.5) is 10.5 Å². The summed E-state index contributed by atoms with van der Waals surface area (Å²) < 4.78 is 0. The number of anilines is 1. The van der Waals surface area contributed by atoms with Crippen molar-refractivity contribution in [2.24, 2.45) is 5.41 Å². The number of nitrogens with one attached hydrogen (secondary N) is 2. The molecule has 1 aliphatic rings. The second-order valence-electron chi connectivity index (χ2n) is 6.17. The van der Waals surface area contributed by atoms with E-state index in [1.54, 1.807) is 6.92 Å². The smallest absolute Gasteiger partial charge is 0.319 e. The Morgan fingerprint density at radius 1 is 1.29 bits per heavy atom. The van der Waals surface area contributed by atoms with Gasteiger partial charge in [0.05, 0.1) is 6.10 Å². The first-order chi connectivity index (χ1) is 10.0. The first kappa shape index (κ1) is 15.8. The highest BCUT2D eigenvalue weighted by Crippen LogP contribution is 2.40. The van der Waals surface area contributed by atoms with Crippen molar-refractivity contribution >= 4 is 11.7 Å². The maximum absolute atomic E-state index is 12.0. The molecule has 3 N–H and O–H groups in total. The molecule has 2 amide bonds. The summed E-state index contributed by atoms with van der Waals surface area (Å²) in [6.45, 7) is 4.68. The van der Waals surface area contributed by atoms with Crippen LogP contribution in [-0.4, -0.2) is 17.7 Å². The van der Waals surface area contributed by atoms with E-state index in [9.17, 15) is 9.90 Å². The number of amides is 2. The molecule has 0 aromatic heterocycles. The minimum absolute atomic E-state index is 0.153. The molecule has 0 spiro atoms. The van der Waals surface area contributed by atoms with Crippen molar-refractivity contribution in [2.45, 2.75) is 52.1 Å². The molecule has 116 valence electrons. The molecule has 1 aromatic rings. The van der Waals surface area contributed by atoms with E-state index < -0.39 is 6.10 Å². The van der Waals surface area contributed by atoms with Crippen molar-refractivity contribution in [1.29, 1.82) is 0 Å². The third-order valence-electron chi connectivity index (χ3n) is 4.69. The van der Waals surface area contributed by atoms with E-state index in [4.69, 9.17) is 0 Å². The van der Waals surface area contributed by atoms with Gasteiger partial charge >= 0.3 is 6.03 Å². The minimum Gasteiger partial charge on any atom is -0.389 e. The van der Waals surface area contributed by atoms with Crippen LogP contribution in [0.25, 0.3) is 0 Å². The van der Waals surface area contributed by atoms with Gasteiger partial charge in [-0.05, 0) is 49.3 Å². The number of hydrogen-bond donors (Lipinski definition) is 3. The number of rotatable bonds is 5. The van der Waals surface area contributed by atoms with Gasteiger partial charge in [0, 0.05) is 12.2 Å². The Bertz CT molecular complexity index is 462. The molecule has 1 atom stereocenters. The number of carbonyl (C=O) groups is 1. The summed E-state index contributed by atoms with van der Waals surface area (Å²) in [5.41, 5.74) is 1.89. The van der Waals surface area contributed by atoms with Crippen LogP contribution < -0.4 is 10.6 Å². The van der Waals surface area contributed by atoms with Crippen LogP contribution in [0.3, 0.4) is 0 Å². The fourth-order valence-electron chi connectivity index (χ4n) is 3.07. The maximum atomic E-state index is 12.0. The van der Waals surface area contributed by atoms with Crippen LogP contribution in [0.1, 0.15) is 57.6 Å². The van der Waals surface area contributed by atoms with Gasteiger partial charge < -0.3 is 15.7 Å². The summed E-state index contributed by atoms with van der Waals surface area (Å²) in [6, 6.07) is 7.12. The Labute approximate surface area is 126 Å². The number of carbonyl (C=O) groups excluding carboxylic acids is 1. The largest absolute Gasteiger partial charge is 0.389 e. The van der Waals surface area contributed by atoms with Gasteiger partial charge in [-0.15, -0.1) is 0 Å². The van der Waals surface area contributed by atoms with Gasteiger partial charge in [-0.1, -0.05) is 31.9 Å². The molecular weight excluding hydrogens is 264 g/mol. The number of benzene rings is 1. The van der Waals surface area contributed by atoms with E-state index in [2.05, 4.69) is 17.6 Å². The van der Waals surface area contributed by atoms with E-state index in [1.807, 2.05) is 24.3 Å². The van der Waals surface area contributed by atoms with Crippen molar-refractivity contribution in [1.82, 2.24) is 5.32 Å². The van der Waals surface area contributed by atoms with Crippen molar-refractivity contribution < 1.29 is 9.90 Å². The zero-order valence-corrected chi connectivity index (χ0v) is 13.0. The van der Waals surface area contributed by atoms with E-state index in [0.717, 1.165) is 24.2 Å². The molecule has 4 nitrogen and oxygen atoms in total. The molecule has 0 aliphatic heterocycles. The Balaban J connectivity index is 1.84. The lowest BCUT2D eigenvalue weighted by Crippen LogP contribution is -2.38. The number of hydrogen-bond acceptors (Lipinski definition) is 2.